The number of carbonyl (C=O) groups is 2. The van der Waals surface area contributed by atoms with Gasteiger partial charge >= 0.3 is 11.9 Å². The molecule has 0 aliphatic heterocycles. The van der Waals surface area contributed by atoms with Gasteiger partial charge in [-0.25, -0.2) is 9.59 Å². The fraction of sp³-hybridized carbons (Fsp3) is 0.357. The zero-order valence-electron chi connectivity index (χ0n) is 20.0. The van der Waals surface area contributed by atoms with Crippen LogP contribution in [0.15, 0.2) is 61.2 Å². The van der Waals surface area contributed by atoms with Gasteiger partial charge in [0.15, 0.2) is 0 Å². The molecule has 0 heterocycles. The topological polar surface area (TPSA) is 114 Å². The van der Waals surface area contributed by atoms with Crippen LogP contribution in [0.5, 0.6) is 5.75 Å². The summed E-state index contributed by atoms with van der Waals surface area (Å²) in [4.78, 5) is 23.9. The van der Waals surface area contributed by atoms with E-state index in [9.17, 15) is 9.59 Å². The van der Waals surface area contributed by atoms with E-state index in [0.29, 0.717) is 17.3 Å². The first-order chi connectivity index (χ1) is 16.9. The molecular weight excluding hydrogens is 444 g/mol. The minimum atomic E-state index is -0.585. The zero-order valence-corrected chi connectivity index (χ0v) is 20.0. The SMILES string of the molecule is C=CCC1CCC(COc2ccc(/C=C/C(=O)OCCOC(=O)c3cc(N)cc(N)c3)cc2)CC1. The molecule has 1 aliphatic rings. The molecule has 1 aliphatic carbocycles. The van der Waals surface area contributed by atoms with Gasteiger partial charge in [0.2, 0.25) is 0 Å². The largest absolute Gasteiger partial charge is 0.493 e. The van der Waals surface area contributed by atoms with Crippen molar-refractivity contribution in [1.82, 2.24) is 0 Å². The van der Waals surface area contributed by atoms with Gasteiger partial charge in [0.1, 0.15) is 19.0 Å². The lowest BCUT2D eigenvalue weighted by atomic mass is 9.81. The molecule has 3 rings (SSSR count). The maximum atomic E-state index is 12.0. The van der Waals surface area contributed by atoms with Crippen LogP contribution < -0.4 is 16.2 Å². The second-order valence-electron chi connectivity index (χ2n) is 8.82. The molecule has 0 saturated heterocycles. The normalized spacial score (nSPS) is 17.6. The van der Waals surface area contributed by atoms with E-state index in [2.05, 4.69) is 6.58 Å². The monoisotopic (exact) mass is 478 g/mol. The van der Waals surface area contributed by atoms with E-state index >= 15 is 0 Å². The fourth-order valence-corrected chi connectivity index (χ4v) is 4.13. The lowest BCUT2D eigenvalue weighted by molar-refractivity contribution is -0.138. The number of anilines is 2. The van der Waals surface area contributed by atoms with E-state index < -0.39 is 11.9 Å². The summed E-state index contributed by atoms with van der Waals surface area (Å²) >= 11 is 0. The first kappa shape index (κ1) is 25.9. The van der Waals surface area contributed by atoms with Crippen LogP contribution in [0.1, 0.15) is 48.0 Å². The molecule has 0 aromatic heterocycles. The lowest BCUT2D eigenvalue weighted by Crippen LogP contribution is -2.19. The summed E-state index contributed by atoms with van der Waals surface area (Å²) in [6.45, 7) is 4.44. The smallest absolute Gasteiger partial charge is 0.338 e. The molecule has 1 saturated carbocycles. The summed E-state index contributed by atoms with van der Waals surface area (Å²) in [6.07, 6.45) is 11.0. The Morgan fingerprint density at radius 1 is 0.914 bits per heavy atom. The van der Waals surface area contributed by atoms with Crippen LogP contribution in [-0.4, -0.2) is 31.8 Å². The number of nitrogen functional groups attached to an aromatic ring is 2. The Kier molecular flexibility index (Phi) is 9.78. The Morgan fingerprint density at radius 3 is 2.20 bits per heavy atom. The maximum Gasteiger partial charge on any atom is 0.338 e. The van der Waals surface area contributed by atoms with Crippen molar-refractivity contribution in [2.45, 2.75) is 32.1 Å². The third-order valence-corrected chi connectivity index (χ3v) is 6.02. The van der Waals surface area contributed by atoms with Crippen molar-refractivity contribution in [2.24, 2.45) is 11.8 Å². The molecule has 2 aromatic rings. The highest BCUT2D eigenvalue weighted by molar-refractivity contribution is 5.91. The van der Waals surface area contributed by atoms with Crippen LogP contribution >= 0.6 is 0 Å². The van der Waals surface area contributed by atoms with E-state index in [1.54, 1.807) is 12.1 Å². The number of rotatable bonds is 11. The Balaban J connectivity index is 1.33. The molecule has 35 heavy (non-hydrogen) atoms. The third kappa shape index (κ3) is 8.85. The summed E-state index contributed by atoms with van der Waals surface area (Å²) < 4.78 is 16.1. The van der Waals surface area contributed by atoms with E-state index in [-0.39, 0.29) is 18.8 Å². The van der Waals surface area contributed by atoms with Gasteiger partial charge < -0.3 is 25.7 Å². The van der Waals surface area contributed by atoms with Crippen molar-refractivity contribution < 1.29 is 23.8 Å². The van der Waals surface area contributed by atoms with Gasteiger partial charge in [-0.05, 0) is 85.9 Å². The molecule has 0 atom stereocenters. The second-order valence-corrected chi connectivity index (χ2v) is 8.82. The standard InChI is InChI=1S/C28H34N2O5/c1-2-3-20-4-6-22(7-5-20)19-35-26-11-8-21(9-12-26)10-13-27(31)33-14-15-34-28(32)23-16-24(29)18-25(30)17-23/h2,8-13,16-18,20,22H,1,3-7,14-15,19,29-30H2/b13-10+. The predicted molar refractivity (Wildman–Crippen MR) is 138 cm³/mol. The van der Waals surface area contributed by atoms with Gasteiger partial charge in [0.25, 0.3) is 0 Å². The van der Waals surface area contributed by atoms with E-state index in [1.807, 2.05) is 30.3 Å². The van der Waals surface area contributed by atoms with Crippen molar-refractivity contribution in [3.05, 3.63) is 72.3 Å². The van der Waals surface area contributed by atoms with Gasteiger partial charge in [-0.15, -0.1) is 6.58 Å². The van der Waals surface area contributed by atoms with Crippen LogP contribution in [0.3, 0.4) is 0 Å². The zero-order chi connectivity index (χ0) is 25.0. The number of nitrogens with two attached hydrogens (primary N) is 2. The molecule has 186 valence electrons. The van der Waals surface area contributed by atoms with Crippen molar-refractivity contribution in [2.75, 3.05) is 31.3 Å². The highest BCUT2D eigenvalue weighted by Crippen LogP contribution is 2.31. The number of hydrogen-bond donors (Lipinski definition) is 2. The van der Waals surface area contributed by atoms with Gasteiger partial charge in [0.05, 0.1) is 12.2 Å². The number of esters is 2. The second kappa shape index (κ2) is 13.2. The summed E-state index contributed by atoms with van der Waals surface area (Å²) in [7, 11) is 0. The molecule has 0 bridgehead atoms. The van der Waals surface area contributed by atoms with Crippen molar-refractivity contribution in [1.29, 1.82) is 0 Å². The maximum absolute atomic E-state index is 12.0. The number of allylic oxidation sites excluding steroid dienone is 1. The molecule has 7 nitrogen and oxygen atoms in total. The van der Waals surface area contributed by atoms with E-state index in [1.165, 1.54) is 43.9 Å². The van der Waals surface area contributed by atoms with Gasteiger partial charge in [-0.3, -0.25) is 0 Å². The quantitative estimate of drug-likeness (QED) is 0.153. The first-order valence-corrected chi connectivity index (χ1v) is 11.9. The number of benzene rings is 2. The first-order valence-electron chi connectivity index (χ1n) is 11.9. The summed E-state index contributed by atoms with van der Waals surface area (Å²) in [5.74, 6) is 1.10. The van der Waals surface area contributed by atoms with Crippen LogP contribution in [0, 0.1) is 11.8 Å². The molecule has 0 amide bonds. The Bertz CT molecular complexity index is 1000. The Hall–Kier alpha value is -3.74. The van der Waals surface area contributed by atoms with E-state index in [0.717, 1.165) is 30.3 Å². The Morgan fingerprint density at radius 2 is 1.54 bits per heavy atom. The fourth-order valence-electron chi connectivity index (χ4n) is 4.13. The molecule has 4 N–H and O–H groups in total. The molecule has 2 aromatic carbocycles. The number of ether oxygens (including phenoxy) is 3. The third-order valence-electron chi connectivity index (χ3n) is 6.02. The minimum absolute atomic E-state index is 0.0605. The van der Waals surface area contributed by atoms with Crippen LogP contribution in [0.2, 0.25) is 0 Å². The minimum Gasteiger partial charge on any atom is -0.493 e. The van der Waals surface area contributed by atoms with Crippen molar-refractivity contribution in [3.63, 3.8) is 0 Å². The number of carbonyl (C=O) groups excluding carboxylic acids is 2. The number of hydrogen-bond acceptors (Lipinski definition) is 7. The average Bonchev–Trinajstić information content (AvgIpc) is 2.85. The summed E-state index contributed by atoms with van der Waals surface area (Å²) in [5, 5.41) is 0. The van der Waals surface area contributed by atoms with Gasteiger partial charge in [0, 0.05) is 17.5 Å². The molecule has 1 fully saturated rings. The van der Waals surface area contributed by atoms with Crippen molar-refractivity contribution >= 4 is 29.4 Å². The van der Waals surface area contributed by atoms with Crippen LogP contribution in [0.4, 0.5) is 11.4 Å². The highest BCUT2D eigenvalue weighted by atomic mass is 16.6. The van der Waals surface area contributed by atoms with Crippen molar-refractivity contribution in [3.8, 4) is 5.75 Å². The van der Waals surface area contributed by atoms with Gasteiger partial charge in [-0.2, -0.15) is 0 Å². The average molecular weight is 479 g/mol. The molecule has 0 radical (unpaired) electrons. The van der Waals surface area contributed by atoms with Crippen LogP contribution in [0.25, 0.3) is 6.08 Å². The van der Waals surface area contributed by atoms with Gasteiger partial charge in [-0.1, -0.05) is 18.2 Å². The van der Waals surface area contributed by atoms with E-state index in [4.69, 9.17) is 25.7 Å². The molecule has 0 unspecified atom stereocenters. The Labute approximate surface area is 206 Å². The molecular formula is C28H34N2O5. The van der Waals surface area contributed by atoms with Crippen LogP contribution in [-0.2, 0) is 14.3 Å². The highest BCUT2D eigenvalue weighted by Gasteiger charge is 2.20. The predicted octanol–water partition coefficient (Wildman–Crippen LogP) is 5.03. The summed E-state index contributed by atoms with van der Waals surface area (Å²) in [6, 6.07) is 12.1. The lowest BCUT2D eigenvalue weighted by Gasteiger charge is -2.27. The molecule has 0 spiro atoms. The molecule has 7 heteroatoms. The summed E-state index contributed by atoms with van der Waals surface area (Å²) in [5.41, 5.74) is 13.2.